The molecule has 0 aliphatic carbocycles. The summed E-state index contributed by atoms with van der Waals surface area (Å²) in [7, 11) is 0. The van der Waals surface area contributed by atoms with Gasteiger partial charge in [0.15, 0.2) is 6.17 Å². The summed E-state index contributed by atoms with van der Waals surface area (Å²) in [5, 5.41) is 0. The lowest BCUT2D eigenvalue weighted by atomic mass is 9.99. The Morgan fingerprint density at radius 1 is 0.692 bits per heavy atom. The number of carbonyl (C=O) groups is 3. The van der Waals surface area contributed by atoms with E-state index in [1.165, 1.54) is 0 Å². The number of rotatable bonds is 13. The monoisotopic (exact) mass is 565 g/mol. The van der Waals surface area contributed by atoms with Crippen LogP contribution in [0.3, 0.4) is 0 Å². The van der Waals surface area contributed by atoms with Crippen LogP contribution in [-0.4, -0.2) is 91.9 Å². The normalized spacial score (nSPS) is 24.2. The van der Waals surface area contributed by atoms with Crippen molar-refractivity contribution >= 4 is 17.9 Å². The number of hydrogen-bond acceptors (Lipinski definition) is 11. The van der Waals surface area contributed by atoms with Crippen molar-refractivity contribution in [1.82, 2.24) is 0 Å². The highest BCUT2D eigenvalue weighted by Crippen LogP contribution is 2.27. The first-order chi connectivity index (χ1) is 17.8. The van der Waals surface area contributed by atoms with E-state index < -0.39 is 65.4 Å². The fraction of sp³-hybridized carbons (Fsp3) is 0.889. The Hall–Kier alpha value is -1.86. The van der Waals surface area contributed by atoms with Crippen molar-refractivity contribution in [2.75, 3.05) is 26.4 Å². The van der Waals surface area contributed by atoms with Gasteiger partial charge >= 0.3 is 17.9 Å². The Labute approximate surface area is 231 Å². The van der Waals surface area contributed by atoms with E-state index in [0.717, 1.165) is 0 Å². The van der Waals surface area contributed by atoms with E-state index in [2.05, 4.69) is 0 Å². The van der Waals surface area contributed by atoms with Crippen molar-refractivity contribution < 1.29 is 51.9 Å². The van der Waals surface area contributed by atoms with Gasteiger partial charge in [-0.25, -0.2) is 4.39 Å². The molecule has 0 radical (unpaired) electrons. The lowest BCUT2D eigenvalue weighted by Gasteiger charge is -2.42. The minimum absolute atomic E-state index is 0.00175. The Morgan fingerprint density at radius 3 is 1.49 bits per heavy atom. The number of alkyl halides is 1. The van der Waals surface area contributed by atoms with E-state index in [9.17, 15) is 14.4 Å². The topological polar surface area (TPSA) is 142 Å². The summed E-state index contributed by atoms with van der Waals surface area (Å²) in [6.45, 7) is 15.4. The smallest absolute Gasteiger partial charge is 0.308 e. The van der Waals surface area contributed by atoms with Gasteiger partial charge in [-0.05, 0) is 62.3 Å². The van der Waals surface area contributed by atoms with Crippen molar-refractivity contribution in [2.45, 2.75) is 129 Å². The average molecular weight is 566 g/mol. The number of hydrogen-bond donors (Lipinski definition) is 1. The van der Waals surface area contributed by atoms with Crippen LogP contribution in [0.4, 0.5) is 4.39 Å². The third-order valence-corrected chi connectivity index (χ3v) is 4.88. The number of ether oxygens (including phenoxy) is 7. The van der Waals surface area contributed by atoms with Crippen molar-refractivity contribution in [2.24, 2.45) is 5.73 Å². The summed E-state index contributed by atoms with van der Waals surface area (Å²) in [6, 6.07) is 0. The summed E-state index contributed by atoms with van der Waals surface area (Å²) in [4.78, 5) is 36.2. The summed E-state index contributed by atoms with van der Waals surface area (Å²) >= 11 is 0. The number of nitrogens with two attached hydrogens (primary N) is 1. The highest BCUT2D eigenvalue weighted by atomic mass is 19.1. The Kier molecular flexibility index (Phi) is 13.7. The first kappa shape index (κ1) is 35.2. The highest BCUT2D eigenvalue weighted by molar-refractivity contribution is 5.70. The Morgan fingerprint density at radius 2 is 1.08 bits per heavy atom. The molecular weight excluding hydrogens is 517 g/mol. The van der Waals surface area contributed by atoms with Gasteiger partial charge in [0.05, 0.1) is 45.7 Å². The molecule has 0 amide bonds. The molecule has 0 unspecified atom stereocenters. The third-order valence-electron chi connectivity index (χ3n) is 4.88. The van der Waals surface area contributed by atoms with Crippen LogP contribution >= 0.6 is 0 Å². The predicted molar refractivity (Wildman–Crippen MR) is 139 cm³/mol. The van der Waals surface area contributed by atoms with Crippen LogP contribution in [0, 0.1) is 0 Å². The van der Waals surface area contributed by atoms with Crippen LogP contribution in [-0.2, 0) is 47.5 Å². The van der Waals surface area contributed by atoms with Gasteiger partial charge in [-0.2, -0.15) is 0 Å². The quantitative estimate of drug-likeness (QED) is 0.200. The molecule has 1 fully saturated rings. The van der Waals surface area contributed by atoms with Crippen molar-refractivity contribution in [1.29, 1.82) is 0 Å². The van der Waals surface area contributed by atoms with Gasteiger partial charge in [0.25, 0.3) is 0 Å². The number of carbonyl (C=O) groups excluding carboxylic acids is 3. The second-order valence-corrected chi connectivity index (χ2v) is 12.3. The maximum Gasteiger partial charge on any atom is 0.308 e. The fourth-order valence-corrected chi connectivity index (χ4v) is 3.55. The summed E-state index contributed by atoms with van der Waals surface area (Å²) in [5.41, 5.74) is 3.92. The maximum absolute atomic E-state index is 15.2. The second kappa shape index (κ2) is 15.2. The van der Waals surface area contributed by atoms with E-state index in [1.54, 1.807) is 62.3 Å². The van der Waals surface area contributed by atoms with Gasteiger partial charge < -0.3 is 38.9 Å². The Balaban J connectivity index is 2.85. The number of halogens is 1. The molecule has 0 spiro atoms. The van der Waals surface area contributed by atoms with Crippen molar-refractivity contribution in [3.8, 4) is 0 Å². The van der Waals surface area contributed by atoms with E-state index in [1.807, 2.05) is 0 Å². The van der Waals surface area contributed by atoms with E-state index >= 15 is 4.39 Å². The van der Waals surface area contributed by atoms with Crippen LogP contribution in [0.2, 0.25) is 0 Å². The van der Waals surface area contributed by atoms with Crippen LogP contribution in [0.1, 0.15) is 81.6 Å². The second-order valence-electron chi connectivity index (χ2n) is 12.3. The molecule has 0 saturated carbocycles. The molecule has 0 aromatic rings. The van der Waals surface area contributed by atoms with Gasteiger partial charge in [-0.3, -0.25) is 14.4 Å². The molecule has 1 rings (SSSR count). The maximum atomic E-state index is 15.2. The zero-order valence-electron chi connectivity index (χ0n) is 24.9. The molecule has 1 saturated heterocycles. The molecule has 12 heteroatoms. The molecule has 39 heavy (non-hydrogen) atoms. The molecule has 1 heterocycles. The summed E-state index contributed by atoms with van der Waals surface area (Å²) in [5.74, 6) is -1.42. The third kappa shape index (κ3) is 15.5. The standard InChI is InChI=1S/C27H48FNO10/c1-25(2,3)37-18(30)10-13-33-16-17-22(34-14-11-19(31)38-26(4,5)6)23(21(28)24(29)36-17)35-15-12-20(32)39-27(7,8)9/h17,21-24H,10-16,29H2,1-9H3/t17-,21-,22-,23-,24-/m1/s1. The van der Waals surface area contributed by atoms with Gasteiger partial charge in [0.1, 0.15) is 41.3 Å². The van der Waals surface area contributed by atoms with Gasteiger partial charge in [-0.15, -0.1) is 0 Å². The molecule has 0 aromatic heterocycles. The fourth-order valence-electron chi connectivity index (χ4n) is 3.55. The Bertz CT molecular complexity index is 787. The molecule has 5 atom stereocenters. The highest BCUT2D eigenvalue weighted by Gasteiger charge is 2.47. The van der Waals surface area contributed by atoms with Crippen LogP contribution in [0.5, 0.6) is 0 Å². The molecule has 0 aromatic carbocycles. The average Bonchev–Trinajstić information content (AvgIpc) is 2.72. The van der Waals surface area contributed by atoms with Gasteiger partial charge in [-0.1, -0.05) is 0 Å². The first-order valence-corrected chi connectivity index (χ1v) is 13.3. The molecule has 0 bridgehead atoms. The summed E-state index contributed by atoms with van der Waals surface area (Å²) < 4.78 is 53.8. The molecule has 11 nitrogen and oxygen atoms in total. The largest absolute Gasteiger partial charge is 0.460 e. The van der Waals surface area contributed by atoms with E-state index in [-0.39, 0.29) is 45.7 Å². The van der Waals surface area contributed by atoms with Crippen molar-refractivity contribution in [3.63, 3.8) is 0 Å². The van der Waals surface area contributed by atoms with Crippen LogP contribution in [0.15, 0.2) is 0 Å². The molecule has 2 N–H and O–H groups in total. The summed E-state index contributed by atoms with van der Waals surface area (Å²) in [6.07, 6.45) is -6.45. The number of esters is 3. The zero-order chi connectivity index (χ0) is 30.0. The first-order valence-electron chi connectivity index (χ1n) is 13.3. The zero-order valence-corrected chi connectivity index (χ0v) is 24.9. The molecular formula is C27H48FNO10. The van der Waals surface area contributed by atoms with Gasteiger partial charge in [0.2, 0.25) is 0 Å². The van der Waals surface area contributed by atoms with Gasteiger partial charge in [0, 0.05) is 0 Å². The predicted octanol–water partition coefficient (Wildman–Crippen LogP) is 2.99. The van der Waals surface area contributed by atoms with E-state index in [4.69, 9.17) is 38.9 Å². The van der Waals surface area contributed by atoms with E-state index in [0.29, 0.717) is 0 Å². The lowest BCUT2D eigenvalue weighted by molar-refractivity contribution is -0.241. The lowest BCUT2D eigenvalue weighted by Crippen LogP contribution is -2.61. The molecule has 1 aliphatic rings. The van der Waals surface area contributed by atoms with Crippen LogP contribution < -0.4 is 5.73 Å². The molecule has 1 aliphatic heterocycles. The molecule has 228 valence electrons. The SMILES string of the molecule is CC(C)(C)OC(=O)CCOC[C@H]1O[C@@H](N)[C@H](F)[C@@H](OCCC(=O)OC(C)(C)C)[C@@H]1OCCC(=O)OC(C)(C)C. The van der Waals surface area contributed by atoms with Crippen molar-refractivity contribution in [3.05, 3.63) is 0 Å². The minimum Gasteiger partial charge on any atom is -0.460 e. The minimum atomic E-state index is -1.78. The van der Waals surface area contributed by atoms with Crippen LogP contribution in [0.25, 0.3) is 0 Å².